The van der Waals surface area contributed by atoms with Crippen molar-refractivity contribution in [2.24, 2.45) is 11.8 Å². The molecule has 1 N–H and O–H groups in total. The van der Waals surface area contributed by atoms with Crippen LogP contribution >= 0.6 is 0 Å². The number of rotatable bonds is 3. The lowest BCUT2D eigenvalue weighted by atomic mass is 9.96. The third-order valence-electron chi connectivity index (χ3n) is 5.08. The summed E-state index contributed by atoms with van der Waals surface area (Å²) in [5.41, 5.74) is 0. The zero-order chi connectivity index (χ0) is 14.4. The first-order valence-corrected chi connectivity index (χ1v) is 9.11. The van der Waals surface area contributed by atoms with Crippen LogP contribution in [0, 0.1) is 11.8 Å². The van der Waals surface area contributed by atoms with Crippen LogP contribution in [-0.2, 0) is 10.0 Å². The van der Waals surface area contributed by atoms with Gasteiger partial charge in [-0.2, -0.15) is 0 Å². The summed E-state index contributed by atoms with van der Waals surface area (Å²) in [5.74, 6) is 1.28. The summed E-state index contributed by atoms with van der Waals surface area (Å²) in [4.78, 5) is 0.379. The second kappa shape index (κ2) is 4.82. The van der Waals surface area contributed by atoms with Gasteiger partial charge in [0.1, 0.15) is 0 Å². The first-order chi connectivity index (χ1) is 10.1. The fraction of sp³-hybridized carbons (Fsp3) is 0.412. The highest BCUT2D eigenvalue weighted by Gasteiger charge is 2.41. The lowest BCUT2D eigenvalue weighted by Gasteiger charge is -2.22. The third-order valence-corrected chi connectivity index (χ3v) is 6.56. The molecule has 3 atom stereocenters. The molecule has 2 aromatic carbocycles. The van der Waals surface area contributed by atoms with Crippen molar-refractivity contribution < 1.29 is 8.42 Å². The molecular weight excluding hydrogens is 282 g/mol. The molecule has 2 saturated carbocycles. The van der Waals surface area contributed by atoms with Gasteiger partial charge in [0.15, 0.2) is 0 Å². The van der Waals surface area contributed by atoms with E-state index in [1.807, 2.05) is 30.3 Å². The van der Waals surface area contributed by atoms with E-state index in [1.54, 1.807) is 12.1 Å². The second-order valence-electron chi connectivity index (χ2n) is 6.41. The summed E-state index contributed by atoms with van der Waals surface area (Å²) in [6.45, 7) is 0. The average molecular weight is 301 g/mol. The van der Waals surface area contributed by atoms with Gasteiger partial charge in [0, 0.05) is 6.04 Å². The van der Waals surface area contributed by atoms with Gasteiger partial charge in [-0.05, 0) is 54.0 Å². The predicted octanol–water partition coefficient (Wildman–Crippen LogP) is 3.31. The van der Waals surface area contributed by atoms with Gasteiger partial charge in [0.25, 0.3) is 0 Å². The van der Waals surface area contributed by atoms with Crippen molar-refractivity contribution in [2.75, 3.05) is 0 Å². The first kappa shape index (κ1) is 13.3. The Morgan fingerprint density at radius 1 is 0.952 bits per heavy atom. The minimum absolute atomic E-state index is 0.139. The number of benzene rings is 2. The Morgan fingerprint density at radius 2 is 1.76 bits per heavy atom. The maximum absolute atomic E-state index is 12.6. The highest BCUT2D eigenvalue weighted by molar-refractivity contribution is 7.89. The summed E-state index contributed by atoms with van der Waals surface area (Å²) in [7, 11) is -3.41. The molecule has 0 aliphatic heterocycles. The van der Waals surface area contributed by atoms with Crippen molar-refractivity contribution in [3.63, 3.8) is 0 Å². The first-order valence-electron chi connectivity index (χ1n) is 7.63. The number of nitrogens with one attached hydrogen (secondary N) is 1. The van der Waals surface area contributed by atoms with Crippen LogP contribution in [0.4, 0.5) is 0 Å². The lowest BCUT2D eigenvalue weighted by molar-refractivity contribution is 0.390. The third kappa shape index (κ3) is 2.36. The molecule has 2 aromatic rings. The molecule has 0 amide bonds. The molecule has 2 aliphatic carbocycles. The molecule has 110 valence electrons. The van der Waals surface area contributed by atoms with E-state index < -0.39 is 10.0 Å². The molecule has 4 heteroatoms. The molecule has 2 aliphatic rings. The smallest absolute Gasteiger partial charge is 0.208 e. The molecule has 0 aromatic heterocycles. The normalized spacial score (nSPS) is 28.3. The maximum atomic E-state index is 12.6. The molecule has 4 rings (SSSR count). The van der Waals surface area contributed by atoms with Gasteiger partial charge in [0.05, 0.1) is 4.90 Å². The minimum Gasteiger partial charge on any atom is -0.208 e. The van der Waals surface area contributed by atoms with Crippen LogP contribution in [0.15, 0.2) is 47.4 Å². The highest BCUT2D eigenvalue weighted by Crippen LogP contribution is 2.44. The summed E-state index contributed by atoms with van der Waals surface area (Å²) in [6, 6.07) is 13.3. The fourth-order valence-electron chi connectivity index (χ4n) is 3.99. The summed E-state index contributed by atoms with van der Waals surface area (Å²) in [6.07, 6.45) is 4.66. The van der Waals surface area contributed by atoms with Crippen molar-refractivity contribution in [3.8, 4) is 0 Å². The van der Waals surface area contributed by atoms with E-state index in [4.69, 9.17) is 0 Å². The van der Waals surface area contributed by atoms with Crippen LogP contribution < -0.4 is 4.72 Å². The minimum atomic E-state index is -3.41. The van der Waals surface area contributed by atoms with Crippen LogP contribution in [0.25, 0.3) is 10.8 Å². The predicted molar refractivity (Wildman–Crippen MR) is 83.5 cm³/mol. The zero-order valence-corrected chi connectivity index (χ0v) is 12.6. The van der Waals surface area contributed by atoms with E-state index in [9.17, 15) is 8.42 Å². The van der Waals surface area contributed by atoms with E-state index in [-0.39, 0.29) is 6.04 Å². The van der Waals surface area contributed by atoms with Gasteiger partial charge in [-0.3, -0.25) is 0 Å². The molecule has 0 radical (unpaired) electrons. The van der Waals surface area contributed by atoms with E-state index in [0.717, 1.165) is 23.1 Å². The standard InChI is InChI=1S/C17H19NO2S/c19-21(20,18-17-10-12-5-6-15(17)9-12)16-8-7-13-3-1-2-4-14(13)11-16/h1-4,7-8,11-12,15,17-18H,5-6,9-10H2/t12-,15-,17+/m0/s1. The number of fused-ring (bicyclic) bond motifs is 3. The van der Waals surface area contributed by atoms with Crippen LogP contribution in [0.1, 0.15) is 25.7 Å². The molecule has 0 unspecified atom stereocenters. The van der Waals surface area contributed by atoms with Gasteiger partial charge in [-0.1, -0.05) is 36.8 Å². The van der Waals surface area contributed by atoms with Gasteiger partial charge in [0.2, 0.25) is 10.0 Å². The van der Waals surface area contributed by atoms with Gasteiger partial charge in [-0.25, -0.2) is 13.1 Å². The van der Waals surface area contributed by atoms with Crippen molar-refractivity contribution in [3.05, 3.63) is 42.5 Å². The number of hydrogen-bond donors (Lipinski definition) is 1. The van der Waals surface area contributed by atoms with Crippen LogP contribution in [-0.4, -0.2) is 14.5 Å². The van der Waals surface area contributed by atoms with E-state index in [1.165, 1.54) is 19.3 Å². The van der Waals surface area contributed by atoms with Crippen LogP contribution in [0.2, 0.25) is 0 Å². The van der Waals surface area contributed by atoms with E-state index in [0.29, 0.717) is 10.8 Å². The largest absolute Gasteiger partial charge is 0.240 e. The molecule has 2 bridgehead atoms. The topological polar surface area (TPSA) is 46.2 Å². The SMILES string of the molecule is O=S(=O)(N[C@@H]1C[C@H]2CC[C@H]1C2)c1ccc2ccccc2c1. The average Bonchev–Trinajstić information content (AvgIpc) is 3.09. The summed E-state index contributed by atoms with van der Waals surface area (Å²) in [5, 5.41) is 2.03. The number of sulfonamides is 1. The monoisotopic (exact) mass is 301 g/mol. The highest BCUT2D eigenvalue weighted by atomic mass is 32.2. The molecule has 0 saturated heterocycles. The molecular formula is C17H19NO2S. The molecule has 21 heavy (non-hydrogen) atoms. The molecule has 0 heterocycles. The number of hydrogen-bond acceptors (Lipinski definition) is 2. The molecule has 3 nitrogen and oxygen atoms in total. The Hall–Kier alpha value is -1.39. The Balaban J connectivity index is 1.63. The van der Waals surface area contributed by atoms with Crippen molar-refractivity contribution >= 4 is 20.8 Å². The van der Waals surface area contributed by atoms with Gasteiger partial charge in [-0.15, -0.1) is 0 Å². The maximum Gasteiger partial charge on any atom is 0.240 e. The molecule has 2 fully saturated rings. The lowest BCUT2D eigenvalue weighted by Crippen LogP contribution is -2.38. The Labute approximate surface area is 125 Å². The van der Waals surface area contributed by atoms with Crippen LogP contribution in [0.3, 0.4) is 0 Å². The van der Waals surface area contributed by atoms with E-state index >= 15 is 0 Å². The van der Waals surface area contributed by atoms with Crippen LogP contribution in [0.5, 0.6) is 0 Å². The quantitative estimate of drug-likeness (QED) is 0.945. The fourth-order valence-corrected chi connectivity index (χ4v) is 5.34. The van der Waals surface area contributed by atoms with Crippen molar-refractivity contribution in [2.45, 2.75) is 36.6 Å². The summed E-state index contributed by atoms with van der Waals surface area (Å²) < 4.78 is 28.1. The van der Waals surface area contributed by atoms with Crippen molar-refractivity contribution in [1.29, 1.82) is 0 Å². The second-order valence-corrected chi connectivity index (χ2v) is 8.13. The van der Waals surface area contributed by atoms with E-state index in [2.05, 4.69) is 4.72 Å². The molecule has 0 spiro atoms. The summed E-state index contributed by atoms with van der Waals surface area (Å²) >= 11 is 0. The Kier molecular flexibility index (Phi) is 3.05. The zero-order valence-electron chi connectivity index (χ0n) is 11.8. The Morgan fingerprint density at radius 3 is 2.48 bits per heavy atom. The van der Waals surface area contributed by atoms with Gasteiger partial charge < -0.3 is 0 Å². The van der Waals surface area contributed by atoms with Crippen molar-refractivity contribution in [1.82, 2.24) is 4.72 Å². The Bertz CT molecular complexity index is 784. The van der Waals surface area contributed by atoms with Gasteiger partial charge >= 0.3 is 0 Å².